The molecule has 0 saturated heterocycles. The van der Waals surface area contributed by atoms with Crippen LogP contribution in [0.2, 0.25) is 0 Å². The number of aryl methyl sites for hydroxylation is 1. The van der Waals surface area contributed by atoms with Crippen LogP contribution in [0.25, 0.3) is 0 Å². The predicted molar refractivity (Wildman–Crippen MR) is 78.6 cm³/mol. The number of hydrogen-bond acceptors (Lipinski definition) is 2. The SMILES string of the molecule is CN(c1ccc(F)cc1)C1CCCc2ccc(O)cc21. The number of phenolic OH excluding ortho intramolecular Hbond substituents is 1. The lowest BCUT2D eigenvalue weighted by Crippen LogP contribution is -2.27. The molecule has 1 atom stereocenters. The zero-order valence-electron chi connectivity index (χ0n) is 11.5. The van der Waals surface area contributed by atoms with Crippen molar-refractivity contribution in [1.29, 1.82) is 0 Å². The maximum Gasteiger partial charge on any atom is 0.123 e. The quantitative estimate of drug-likeness (QED) is 0.891. The monoisotopic (exact) mass is 271 g/mol. The van der Waals surface area contributed by atoms with E-state index in [1.807, 2.05) is 19.2 Å². The number of fused-ring (bicyclic) bond motifs is 1. The Morgan fingerprint density at radius 2 is 1.90 bits per heavy atom. The predicted octanol–water partition coefficient (Wildman–Crippen LogP) is 4.05. The summed E-state index contributed by atoms with van der Waals surface area (Å²) in [5.74, 6) is 0.0898. The largest absolute Gasteiger partial charge is 0.508 e. The fourth-order valence-corrected chi connectivity index (χ4v) is 3.02. The second kappa shape index (κ2) is 5.16. The summed E-state index contributed by atoms with van der Waals surface area (Å²) in [5.41, 5.74) is 3.48. The van der Waals surface area contributed by atoms with E-state index in [9.17, 15) is 9.50 Å². The minimum absolute atomic E-state index is 0.219. The van der Waals surface area contributed by atoms with Gasteiger partial charge >= 0.3 is 0 Å². The minimum Gasteiger partial charge on any atom is -0.508 e. The Labute approximate surface area is 118 Å². The Kier molecular flexibility index (Phi) is 3.35. The van der Waals surface area contributed by atoms with Crippen molar-refractivity contribution in [3.8, 4) is 5.75 Å². The first kappa shape index (κ1) is 13.0. The van der Waals surface area contributed by atoms with E-state index < -0.39 is 0 Å². The molecule has 0 spiro atoms. The molecule has 104 valence electrons. The van der Waals surface area contributed by atoms with Gasteiger partial charge in [-0.05, 0) is 66.8 Å². The van der Waals surface area contributed by atoms with Crippen molar-refractivity contribution in [3.05, 3.63) is 59.4 Å². The summed E-state index contributed by atoms with van der Waals surface area (Å²) in [5, 5.41) is 9.73. The lowest BCUT2D eigenvalue weighted by atomic mass is 9.86. The molecule has 1 aliphatic rings. The Morgan fingerprint density at radius 3 is 2.65 bits per heavy atom. The van der Waals surface area contributed by atoms with Crippen LogP contribution >= 0.6 is 0 Å². The van der Waals surface area contributed by atoms with Gasteiger partial charge in [0, 0.05) is 12.7 Å². The molecule has 0 radical (unpaired) electrons. The molecule has 0 amide bonds. The molecule has 3 rings (SSSR count). The number of halogens is 1. The lowest BCUT2D eigenvalue weighted by molar-refractivity contribution is 0.469. The van der Waals surface area contributed by atoms with Gasteiger partial charge in [0.05, 0.1) is 6.04 Å². The van der Waals surface area contributed by atoms with Crippen molar-refractivity contribution in [2.24, 2.45) is 0 Å². The number of benzene rings is 2. The van der Waals surface area contributed by atoms with Crippen molar-refractivity contribution >= 4 is 5.69 Å². The van der Waals surface area contributed by atoms with E-state index in [1.165, 1.54) is 23.3 Å². The highest BCUT2D eigenvalue weighted by Gasteiger charge is 2.24. The number of hydrogen-bond donors (Lipinski definition) is 1. The van der Waals surface area contributed by atoms with E-state index in [0.29, 0.717) is 5.75 Å². The van der Waals surface area contributed by atoms with Gasteiger partial charge in [-0.15, -0.1) is 0 Å². The van der Waals surface area contributed by atoms with Crippen LogP contribution in [0, 0.1) is 5.82 Å². The van der Waals surface area contributed by atoms with E-state index >= 15 is 0 Å². The smallest absolute Gasteiger partial charge is 0.123 e. The van der Waals surface area contributed by atoms with Gasteiger partial charge in [-0.25, -0.2) is 4.39 Å². The van der Waals surface area contributed by atoms with Gasteiger partial charge in [0.2, 0.25) is 0 Å². The average molecular weight is 271 g/mol. The van der Waals surface area contributed by atoms with Gasteiger partial charge in [0.1, 0.15) is 11.6 Å². The van der Waals surface area contributed by atoms with E-state index in [2.05, 4.69) is 4.90 Å². The second-order valence-electron chi connectivity index (χ2n) is 5.38. The molecular weight excluding hydrogens is 253 g/mol. The molecule has 0 saturated carbocycles. The molecule has 0 fully saturated rings. The lowest BCUT2D eigenvalue weighted by Gasteiger charge is -2.35. The van der Waals surface area contributed by atoms with Crippen molar-refractivity contribution in [2.45, 2.75) is 25.3 Å². The highest BCUT2D eigenvalue weighted by atomic mass is 19.1. The van der Waals surface area contributed by atoms with Crippen LogP contribution in [-0.2, 0) is 6.42 Å². The molecule has 0 bridgehead atoms. The maximum absolute atomic E-state index is 13.0. The summed E-state index contributed by atoms with van der Waals surface area (Å²) in [6.45, 7) is 0. The topological polar surface area (TPSA) is 23.5 Å². The first-order valence-electron chi connectivity index (χ1n) is 6.95. The van der Waals surface area contributed by atoms with Crippen LogP contribution in [0.15, 0.2) is 42.5 Å². The fraction of sp³-hybridized carbons (Fsp3) is 0.294. The third-order valence-corrected chi connectivity index (χ3v) is 4.11. The molecule has 2 aromatic rings. The Morgan fingerprint density at radius 1 is 1.15 bits per heavy atom. The van der Waals surface area contributed by atoms with Crippen LogP contribution < -0.4 is 4.90 Å². The third-order valence-electron chi connectivity index (χ3n) is 4.11. The summed E-state index contributed by atoms with van der Waals surface area (Å²) < 4.78 is 13.0. The first-order chi connectivity index (χ1) is 9.65. The number of nitrogens with zero attached hydrogens (tertiary/aromatic N) is 1. The van der Waals surface area contributed by atoms with Crippen molar-refractivity contribution in [3.63, 3.8) is 0 Å². The first-order valence-corrected chi connectivity index (χ1v) is 6.95. The molecule has 0 aliphatic heterocycles. The van der Waals surface area contributed by atoms with Crippen LogP contribution in [-0.4, -0.2) is 12.2 Å². The van der Waals surface area contributed by atoms with E-state index in [-0.39, 0.29) is 11.9 Å². The molecule has 0 aromatic heterocycles. The Hall–Kier alpha value is -2.03. The Balaban J connectivity index is 1.95. The average Bonchev–Trinajstić information content (AvgIpc) is 2.46. The molecule has 3 heteroatoms. The minimum atomic E-state index is -0.219. The van der Waals surface area contributed by atoms with E-state index in [4.69, 9.17) is 0 Å². The molecule has 0 heterocycles. The van der Waals surface area contributed by atoms with Crippen LogP contribution in [0.1, 0.15) is 30.0 Å². The van der Waals surface area contributed by atoms with Crippen LogP contribution in [0.4, 0.5) is 10.1 Å². The van der Waals surface area contributed by atoms with Gasteiger partial charge < -0.3 is 10.0 Å². The summed E-state index contributed by atoms with van der Waals surface area (Å²) in [6.07, 6.45) is 3.24. The highest BCUT2D eigenvalue weighted by Crippen LogP contribution is 2.37. The zero-order valence-corrected chi connectivity index (χ0v) is 11.5. The second-order valence-corrected chi connectivity index (χ2v) is 5.38. The molecule has 2 aromatic carbocycles. The van der Waals surface area contributed by atoms with Gasteiger partial charge in [-0.3, -0.25) is 0 Å². The van der Waals surface area contributed by atoms with E-state index in [1.54, 1.807) is 18.2 Å². The molecule has 1 aliphatic carbocycles. The van der Waals surface area contributed by atoms with Crippen LogP contribution in [0.5, 0.6) is 5.75 Å². The number of phenols is 1. The summed E-state index contributed by atoms with van der Waals surface area (Å²) in [6, 6.07) is 12.4. The van der Waals surface area contributed by atoms with Gasteiger partial charge in [0.25, 0.3) is 0 Å². The third kappa shape index (κ3) is 2.36. The molecule has 20 heavy (non-hydrogen) atoms. The fourth-order valence-electron chi connectivity index (χ4n) is 3.02. The van der Waals surface area contributed by atoms with Crippen molar-refractivity contribution < 1.29 is 9.50 Å². The number of rotatable bonds is 2. The molecule has 1 unspecified atom stereocenters. The summed E-state index contributed by atoms with van der Waals surface area (Å²) in [7, 11) is 2.02. The highest BCUT2D eigenvalue weighted by molar-refractivity contribution is 5.50. The zero-order chi connectivity index (χ0) is 14.1. The standard InChI is InChI=1S/C17H18FNO/c1-19(14-8-6-13(18)7-9-14)17-4-2-3-12-5-10-15(20)11-16(12)17/h5-11,17,20H,2-4H2,1H3. The summed E-state index contributed by atoms with van der Waals surface area (Å²) >= 11 is 0. The van der Waals surface area contributed by atoms with Crippen LogP contribution in [0.3, 0.4) is 0 Å². The van der Waals surface area contributed by atoms with Gasteiger partial charge in [0.15, 0.2) is 0 Å². The van der Waals surface area contributed by atoms with Gasteiger partial charge in [-0.2, -0.15) is 0 Å². The van der Waals surface area contributed by atoms with Crippen molar-refractivity contribution in [2.75, 3.05) is 11.9 Å². The number of anilines is 1. The molecular formula is C17H18FNO. The molecule has 2 nitrogen and oxygen atoms in total. The van der Waals surface area contributed by atoms with Gasteiger partial charge in [-0.1, -0.05) is 6.07 Å². The number of aromatic hydroxyl groups is 1. The Bertz CT molecular complexity index is 609. The van der Waals surface area contributed by atoms with Crippen molar-refractivity contribution in [1.82, 2.24) is 0 Å². The molecule has 1 N–H and O–H groups in total. The van der Waals surface area contributed by atoms with E-state index in [0.717, 1.165) is 24.9 Å². The summed E-state index contributed by atoms with van der Waals surface area (Å²) in [4.78, 5) is 2.16. The maximum atomic E-state index is 13.0. The normalized spacial score (nSPS) is 17.6.